The number of nitrogens with two attached hydrogens (primary N) is 1. The molecule has 0 unspecified atom stereocenters. The molecule has 0 aromatic carbocycles. The van der Waals surface area contributed by atoms with Crippen molar-refractivity contribution < 1.29 is 0 Å². The molecular weight excluding hydrogens is 204 g/mol. The third-order valence-corrected chi connectivity index (χ3v) is 3.09. The fraction of sp³-hybridized carbons (Fsp3) is 0. The molecule has 0 aliphatic carbocycles. The molecule has 2 aromatic heterocycles. The second-order valence-corrected chi connectivity index (χ2v) is 4.52. The van der Waals surface area contributed by atoms with E-state index in [1.165, 1.54) is 23.1 Å². The Bertz CT molecular complexity index is 386. The number of aromatic nitrogens is 3. The molecule has 0 saturated heterocycles. The number of hydrogen-bond acceptors (Lipinski definition) is 6. The highest BCUT2D eigenvalue weighted by molar-refractivity contribution is 8.01. The molecular formula is C7H6N4S2. The molecule has 0 bridgehead atoms. The lowest BCUT2D eigenvalue weighted by Crippen LogP contribution is -1.79. The van der Waals surface area contributed by atoms with Gasteiger partial charge in [0.25, 0.3) is 0 Å². The van der Waals surface area contributed by atoms with E-state index >= 15 is 0 Å². The van der Waals surface area contributed by atoms with Crippen molar-refractivity contribution in [3.63, 3.8) is 0 Å². The number of pyridine rings is 1. The first-order valence-corrected chi connectivity index (χ1v) is 5.15. The second-order valence-electron chi connectivity index (χ2n) is 2.19. The molecule has 0 saturated carbocycles. The van der Waals surface area contributed by atoms with Crippen molar-refractivity contribution in [1.82, 2.24) is 15.2 Å². The molecule has 0 aliphatic rings. The van der Waals surface area contributed by atoms with E-state index in [-0.39, 0.29) is 0 Å². The predicted octanol–water partition coefficient (Wildman–Crippen LogP) is 1.67. The maximum atomic E-state index is 5.45. The van der Waals surface area contributed by atoms with Gasteiger partial charge in [-0.15, -0.1) is 10.2 Å². The van der Waals surface area contributed by atoms with Crippen molar-refractivity contribution in [2.75, 3.05) is 5.73 Å². The molecule has 2 heterocycles. The molecule has 0 atom stereocenters. The molecule has 0 aliphatic heterocycles. The lowest BCUT2D eigenvalue weighted by Gasteiger charge is -1.93. The molecule has 4 nitrogen and oxygen atoms in total. The van der Waals surface area contributed by atoms with Crippen molar-refractivity contribution in [1.29, 1.82) is 0 Å². The van der Waals surface area contributed by atoms with Crippen LogP contribution in [-0.4, -0.2) is 15.2 Å². The van der Waals surface area contributed by atoms with Crippen molar-refractivity contribution >= 4 is 28.2 Å². The Kier molecular flexibility index (Phi) is 2.42. The predicted molar refractivity (Wildman–Crippen MR) is 52.7 cm³/mol. The van der Waals surface area contributed by atoms with Gasteiger partial charge in [0.2, 0.25) is 5.13 Å². The van der Waals surface area contributed by atoms with E-state index in [1.54, 1.807) is 12.4 Å². The fourth-order valence-electron chi connectivity index (χ4n) is 0.769. The quantitative estimate of drug-likeness (QED) is 0.816. The monoisotopic (exact) mass is 210 g/mol. The van der Waals surface area contributed by atoms with Gasteiger partial charge in [0, 0.05) is 17.3 Å². The maximum absolute atomic E-state index is 5.45. The normalized spacial score (nSPS) is 10.2. The Hall–Kier alpha value is -1.14. The lowest BCUT2D eigenvalue weighted by atomic mass is 10.5. The number of rotatable bonds is 2. The van der Waals surface area contributed by atoms with Crippen LogP contribution in [0.1, 0.15) is 0 Å². The van der Waals surface area contributed by atoms with E-state index < -0.39 is 0 Å². The van der Waals surface area contributed by atoms with Crippen LogP contribution in [0.15, 0.2) is 33.8 Å². The Labute approximate surface area is 83.2 Å². The summed E-state index contributed by atoms with van der Waals surface area (Å²) >= 11 is 2.91. The maximum Gasteiger partial charge on any atom is 0.203 e. The average Bonchev–Trinajstić information content (AvgIpc) is 2.53. The zero-order chi connectivity index (χ0) is 9.10. The van der Waals surface area contributed by atoms with Crippen molar-refractivity contribution in [3.8, 4) is 0 Å². The molecule has 0 fully saturated rings. The average molecular weight is 210 g/mol. The molecule has 0 spiro atoms. The van der Waals surface area contributed by atoms with Gasteiger partial charge >= 0.3 is 0 Å². The van der Waals surface area contributed by atoms with Gasteiger partial charge in [0.05, 0.1) is 0 Å². The summed E-state index contributed by atoms with van der Waals surface area (Å²) in [5, 5.41) is 8.12. The second kappa shape index (κ2) is 3.71. The fourth-order valence-corrected chi connectivity index (χ4v) is 2.36. The third kappa shape index (κ3) is 2.16. The van der Waals surface area contributed by atoms with Crippen molar-refractivity contribution in [2.24, 2.45) is 0 Å². The van der Waals surface area contributed by atoms with E-state index in [9.17, 15) is 0 Å². The van der Waals surface area contributed by atoms with Crippen LogP contribution < -0.4 is 5.73 Å². The Balaban J connectivity index is 2.15. The summed E-state index contributed by atoms with van der Waals surface area (Å²) in [5.74, 6) is 0. The topological polar surface area (TPSA) is 64.7 Å². The van der Waals surface area contributed by atoms with E-state index in [2.05, 4.69) is 15.2 Å². The molecule has 13 heavy (non-hydrogen) atoms. The van der Waals surface area contributed by atoms with E-state index in [0.29, 0.717) is 5.13 Å². The van der Waals surface area contributed by atoms with Gasteiger partial charge < -0.3 is 5.73 Å². The highest BCUT2D eigenvalue weighted by Gasteiger charge is 2.02. The summed E-state index contributed by atoms with van der Waals surface area (Å²) in [6.07, 6.45) is 3.49. The highest BCUT2D eigenvalue weighted by atomic mass is 32.2. The molecule has 0 radical (unpaired) electrons. The minimum atomic E-state index is 0.497. The van der Waals surface area contributed by atoms with Crippen LogP contribution in [0, 0.1) is 0 Å². The van der Waals surface area contributed by atoms with E-state index in [0.717, 1.165) is 9.24 Å². The summed E-state index contributed by atoms with van der Waals surface area (Å²) in [6, 6.07) is 3.84. The number of nitrogens with zero attached hydrogens (tertiary/aromatic N) is 3. The van der Waals surface area contributed by atoms with Crippen molar-refractivity contribution in [2.45, 2.75) is 9.24 Å². The largest absolute Gasteiger partial charge is 0.374 e. The first-order chi connectivity index (χ1) is 6.34. The summed E-state index contributed by atoms with van der Waals surface area (Å²) in [5.41, 5.74) is 5.45. The van der Waals surface area contributed by atoms with Crippen LogP contribution in [-0.2, 0) is 0 Å². The first kappa shape index (κ1) is 8.46. The van der Waals surface area contributed by atoms with Gasteiger partial charge in [-0.2, -0.15) is 0 Å². The van der Waals surface area contributed by atoms with Crippen LogP contribution >= 0.6 is 23.1 Å². The van der Waals surface area contributed by atoms with Gasteiger partial charge in [0.1, 0.15) is 0 Å². The molecule has 0 amide bonds. The standard InChI is InChI=1S/C7H6N4S2/c8-6-10-11-7(13-6)12-5-1-3-9-4-2-5/h1-4H,(H2,8,10). The molecule has 2 aromatic rings. The summed E-state index contributed by atoms with van der Waals surface area (Å²) in [4.78, 5) is 5.01. The van der Waals surface area contributed by atoms with Gasteiger partial charge in [-0.1, -0.05) is 23.1 Å². The summed E-state index contributed by atoms with van der Waals surface area (Å²) in [6.45, 7) is 0. The minimum absolute atomic E-state index is 0.497. The van der Waals surface area contributed by atoms with Crippen molar-refractivity contribution in [3.05, 3.63) is 24.5 Å². The van der Waals surface area contributed by atoms with Gasteiger partial charge in [-0.05, 0) is 12.1 Å². The zero-order valence-corrected chi connectivity index (χ0v) is 8.18. The number of hydrogen-bond donors (Lipinski definition) is 1. The first-order valence-electron chi connectivity index (χ1n) is 3.51. The zero-order valence-electron chi connectivity index (χ0n) is 6.54. The SMILES string of the molecule is Nc1nnc(Sc2ccncc2)s1. The van der Waals surface area contributed by atoms with Crippen LogP contribution in [0.25, 0.3) is 0 Å². The highest BCUT2D eigenvalue weighted by Crippen LogP contribution is 2.29. The molecule has 66 valence electrons. The van der Waals surface area contributed by atoms with Crippen LogP contribution in [0.3, 0.4) is 0 Å². The van der Waals surface area contributed by atoms with Crippen LogP contribution in [0.5, 0.6) is 0 Å². The van der Waals surface area contributed by atoms with Crippen LogP contribution in [0.2, 0.25) is 0 Å². The third-order valence-electron chi connectivity index (χ3n) is 1.28. The Morgan fingerprint density at radius 1 is 1.23 bits per heavy atom. The minimum Gasteiger partial charge on any atom is -0.374 e. The Morgan fingerprint density at radius 3 is 2.62 bits per heavy atom. The molecule has 2 rings (SSSR count). The molecule has 2 N–H and O–H groups in total. The smallest absolute Gasteiger partial charge is 0.203 e. The van der Waals surface area contributed by atoms with E-state index in [1.807, 2.05) is 12.1 Å². The van der Waals surface area contributed by atoms with Gasteiger partial charge in [-0.25, -0.2) is 0 Å². The Morgan fingerprint density at radius 2 is 2.00 bits per heavy atom. The van der Waals surface area contributed by atoms with Gasteiger partial charge in [-0.3, -0.25) is 4.98 Å². The number of anilines is 1. The van der Waals surface area contributed by atoms with Gasteiger partial charge in [0.15, 0.2) is 4.34 Å². The molecule has 6 heteroatoms. The summed E-state index contributed by atoms with van der Waals surface area (Å²) in [7, 11) is 0. The van der Waals surface area contributed by atoms with E-state index in [4.69, 9.17) is 5.73 Å². The summed E-state index contributed by atoms with van der Waals surface area (Å²) < 4.78 is 0.851. The lowest BCUT2D eigenvalue weighted by molar-refractivity contribution is 1.02. The van der Waals surface area contributed by atoms with Crippen LogP contribution in [0.4, 0.5) is 5.13 Å². The number of nitrogen functional groups attached to an aromatic ring is 1.